The summed E-state index contributed by atoms with van der Waals surface area (Å²) >= 11 is 3.05. The van der Waals surface area contributed by atoms with E-state index in [9.17, 15) is 4.39 Å². The number of thioether (sulfide) groups is 1. The molecule has 0 fully saturated rings. The molecule has 0 saturated heterocycles. The zero-order valence-electron chi connectivity index (χ0n) is 10.5. The Morgan fingerprint density at radius 1 is 1.32 bits per heavy atom. The average Bonchev–Trinajstić information content (AvgIpc) is 2.78. The summed E-state index contributed by atoms with van der Waals surface area (Å²) in [6.07, 6.45) is 0. The molecule has 2 N–H and O–H groups in total. The van der Waals surface area contributed by atoms with Crippen LogP contribution >= 0.6 is 23.1 Å². The number of hydrogen-bond acceptors (Lipinski definition) is 6. The maximum absolute atomic E-state index is 12.8. The molecule has 0 amide bonds. The van der Waals surface area contributed by atoms with E-state index in [1.807, 2.05) is 19.2 Å². The third kappa shape index (κ3) is 4.77. The van der Waals surface area contributed by atoms with Crippen molar-refractivity contribution in [3.05, 3.63) is 35.6 Å². The lowest BCUT2D eigenvalue weighted by Crippen LogP contribution is -2.20. The van der Waals surface area contributed by atoms with Gasteiger partial charge in [-0.2, -0.15) is 0 Å². The molecule has 0 saturated carbocycles. The van der Waals surface area contributed by atoms with Gasteiger partial charge in [-0.3, -0.25) is 0 Å². The normalized spacial score (nSPS) is 11.1. The van der Waals surface area contributed by atoms with E-state index in [-0.39, 0.29) is 5.82 Å². The van der Waals surface area contributed by atoms with Crippen molar-refractivity contribution in [3.8, 4) is 0 Å². The minimum Gasteiger partial charge on any atom is -0.374 e. The number of anilines is 1. The Balaban J connectivity index is 1.72. The predicted octanol–water partition coefficient (Wildman–Crippen LogP) is 2.48. The Morgan fingerprint density at radius 3 is 2.68 bits per heavy atom. The highest BCUT2D eigenvalue weighted by atomic mass is 32.2. The van der Waals surface area contributed by atoms with Crippen LogP contribution in [-0.2, 0) is 6.54 Å². The molecule has 0 atom stereocenters. The van der Waals surface area contributed by atoms with Crippen LogP contribution in [0, 0.1) is 5.82 Å². The van der Waals surface area contributed by atoms with Crippen molar-refractivity contribution in [2.75, 3.05) is 25.1 Å². The minimum absolute atomic E-state index is 0.198. The summed E-state index contributed by atoms with van der Waals surface area (Å²) in [4.78, 5) is 2.19. The zero-order chi connectivity index (χ0) is 13.7. The Hall–Kier alpha value is -1.18. The number of aromatic nitrogens is 2. The highest BCUT2D eigenvalue weighted by Gasteiger charge is 2.04. The van der Waals surface area contributed by atoms with Crippen LogP contribution in [0.4, 0.5) is 9.52 Å². The molecule has 19 heavy (non-hydrogen) atoms. The Kier molecular flexibility index (Phi) is 5.12. The van der Waals surface area contributed by atoms with Crippen molar-refractivity contribution in [2.24, 2.45) is 0 Å². The van der Waals surface area contributed by atoms with Gasteiger partial charge < -0.3 is 10.6 Å². The number of benzene rings is 1. The molecule has 1 heterocycles. The van der Waals surface area contributed by atoms with Gasteiger partial charge in [0, 0.05) is 18.8 Å². The first kappa shape index (κ1) is 14.2. The molecule has 0 aliphatic heterocycles. The highest BCUT2D eigenvalue weighted by Crippen LogP contribution is 2.23. The van der Waals surface area contributed by atoms with Crippen molar-refractivity contribution in [2.45, 2.75) is 10.9 Å². The molecule has 0 unspecified atom stereocenters. The fourth-order valence-electron chi connectivity index (χ4n) is 1.55. The summed E-state index contributed by atoms with van der Waals surface area (Å²) in [5.74, 6) is 0.725. The summed E-state index contributed by atoms with van der Waals surface area (Å²) in [6.45, 7) is 1.72. The topological polar surface area (TPSA) is 55.0 Å². The van der Waals surface area contributed by atoms with Crippen LogP contribution < -0.4 is 5.73 Å². The van der Waals surface area contributed by atoms with Gasteiger partial charge >= 0.3 is 0 Å². The van der Waals surface area contributed by atoms with Gasteiger partial charge in [0.1, 0.15) is 5.82 Å². The van der Waals surface area contributed by atoms with Crippen LogP contribution in [0.1, 0.15) is 5.56 Å². The van der Waals surface area contributed by atoms with Crippen molar-refractivity contribution in [1.82, 2.24) is 15.1 Å². The second kappa shape index (κ2) is 6.83. The lowest BCUT2D eigenvalue weighted by Gasteiger charge is -2.15. The molecule has 2 rings (SSSR count). The predicted molar refractivity (Wildman–Crippen MR) is 77.8 cm³/mol. The number of nitrogens with two attached hydrogens (primary N) is 1. The number of halogens is 1. The van der Waals surface area contributed by atoms with E-state index in [4.69, 9.17) is 5.73 Å². The standard InChI is InChI=1S/C12H15FN4S2/c1-17(8-9-2-4-10(13)5-3-9)6-7-18-12-16-15-11(14)19-12/h2-5H,6-8H2,1H3,(H2,14,15). The third-order valence-electron chi connectivity index (χ3n) is 2.49. The van der Waals surface area contributed by atoms with Crippen LogP contribution in [0.3, 0.4) is 0 Å². The van der Waals surface area contributed by atoms with Crippen LogP contribution in [-0.4, -0.2) is 34.4 Å². The molecule has 0 aliphatic carbocycles. The number of hydrogen-bond donors (Lipinski definition) is 1. The highest BCUT2D eigenvalue weighted by molar-refractivity contribution is 8.01. The maximum atomic E-state index is 12.8. The van der Waals surface area contributed by atoms with Crippen LogP contribution in [0.5, 0.6) is 0 Å². The van der Waals surface area contributed by atoms with E-state index in [1.165, 1.54) is 23.5 Å². The van der Waals surface area contributed by atoms with E-state index in [0.29, 0.717) is 5.13 Å². The molecular weight excluding hydrogens is 283 g/mol. The lowest BCUT2D eigenvalue weighted by atomic mass is 10.2. The summed E-state index contributed by atoms with van der Waals surface area (Å²) < 4.78 is 13.7. The van der Waals surface area contributed by atoms with E-state index >= 15 is 0 Å². The summed E-state index contributed by atoms with van der Waals surface area (Å²) in [6, 6.07) is 6.60. The smallest absolute Gasteiger partial charge is 0.203 e. The van der Waals surface area contributed by atoms with Gasteiger partial charge in [-0.25, -0.2) is 4.39 Å². The van der Waals surface area contributed by atoms with E-state index in [2.05, 4.69) is 15.1 Å². The molecule has 7 heteroatoms. The summed E-state index contributed by atoms with van der Waals surface area (Å²) in [5.41, 5.74) is 6.62. The van der Waals surface area contributed by atoms with Gasteiger partial charge in [-0.15, -0.1) is 10.2 Å². The number of nitrogens with zero attached hydrogens (tertiary/aromatic N) is 3. The fourth-order valence-corrected chi connectivity index (χ4v) is 3.31. The van der Waals surface area contributed by atoms with Crippen LogP contribution in [0.15, 0.2) is 28.6 Å². The van der Waals surface area contributed by atoms with Crippen molar-refractivity contribution in [3.63, 3.8) is 0 Å². The fraction of sp³-hybridized carbons (Fsp3) is 0.333. The van der Waals surface area contributed by atoms with Gasteiger partial charge in [0.05, 0.1) is 0 Å². The molecule has 1 aromatic heterocycles. The zero-order valence-corrected chi connectivity index (χ0v) is 12.2. The second-order valence-electron chi connectivity index (χ2n) is 4.12. The van der Waals surface area contributed by atoms with E-state index in [0.717, 1.165) is 28.7 Å². The van der Waals surface area contributed by atoms with Crippen LogP contribution in [0.25, 0.3) is 0 Å². The monoisotopic (exact) mass is 298 g/mol. The molecule has 0 radical (unpaired) electrons. The summed E-state index contributed by atoms with van der Waals surface area (Å²) in [7, 11) is 2.04. The van der Waals surface area contributed by atoms with Gasteiger partial charge in [-0.1, -0.05) is 35.2 Å². The molecule has 0 spiro atoms. The van der Waals surface area contributed by atoms with Gasteiger partial charge in [-0.05, 0) is 24.7 Å². The van der Waals surface area contributed by atoms with Crippen molar-refractivity contribution < 1.29 is 4.39 Å². The number of rotatable bonds is 6. The van der Waals surface area contributed by atoms with E-state index in [1.54, 1.807) is 11.8 Å². The van der Waals surface area contributed by atoms with Gasteiger partial charge in [0.2, 0.25) is 5.13 Å². The first-order valence-corrected chi connectivity index (χ1v) is 7.58. The van der Waals surface area contributed by atoms with Gasteiger partial charge in [0.25, 0.3) is 0 Å². The third-order valence-corrected chi connectivity index (χ3v) is 4.35. The van der Waals surface area contributed by atoms with Gasteiger partial charge in [0.15, 0.2) is 4.34 Å². The van der Waals surface area contributed by atoms with Crippen molar-refractivity contribution in [1.29, 1.82) is 0 Å². The molecule has 0 bridgehead atoms. The Morgan fingerprint density at radius 2 is 2.05 bits per heavy atom. The number of nitrogen functional groups attached to an aromatic ring is 1. The first-order valence-electron chi connectivity index (χ1n) is 5.78. The molecule has 4 nitrogen and oxygen atoms in total. The van der Waals surface area contributed by atoms with E-state index < -0.39 is 0 Å². The second-order valence-corrected chi connectivity index (χ2v) is 6.47. The Bertz CT molecular complexity index is 515. The lowest BCUT2D eigenvalue weighted by molar-refractivity contribution is 0.348. The average molecular weight is 298 g/mol. The maximum Gasteiger partial charge on any atom is 0.203 e. The molecule has 2 aromatic rings. The quantitative estimate of drug-likeness (QED) is 0.830. The minimum atomic E-state index is -0.198. The SMILES string of the molecule is CN(CCSc1nnc(N)s1)Cc1ccc(F)cc1. The molecular formula is C12H15FN4S2. The van der Waals surface area contributed by atoms with Crippen molar-refractivity contribution >= 4 is 28.2 Å². The molecule has 0 aliphatic rings. The van der Waals surface area contributed by atoms with Crippen LogP contribution in [0.2, 0.25) is 0 Å². The Labute approximate surface area is 119 Å². The molecule has 102 valence electrons. The largest absolute Gasteiger partial charge is 0.374 e. The summed E-state index contributed by atoms with van der Waals surface area (Å²) in [5, 5.41) is 8.22. The first-order chi connectivity index (χ1) is 9.13. The molecule has 1 aromatic carbocycles.